The lowest BCUT2D eigenvalue weighted by Gasteiger charge is -2.04. The molecule has 0 aliphatic carbocycles. The maximum atomic E-state index is 12.3. The number of nitrogens with one attached hydrogen (secondary N) is 1. The van der Waals surface area contributed by atoms with Gasteiger partial charge in [0, 0.05) is 25.1 Å². The van der Waals surface area contributed by atoms with E-state index < -0.39 is 0 Å². The van der Waals surface area contributed by atoms with Gasteiger partial charge in [-0.15, -0.1) is 10.2 Å². The molecule has 0 saturated carbocycles. The van der Waals surface area contributed by atoms with Crippen molar-refractivity contribution in [3.63, 3.8) is 0 Å². The maximum Gasteiger partial charge on any atom is 0.281 e. The summed E-state index contributed by atoms with van der Waals surface area (Å²) in [5.41, 5.74) is 0.924. The van der Waals surface area contributed by atoms with E-state index >= 15 is 0 Å². The first kappa shape index (κ1) is 13.6. The van der Waals surface area contributed by atoms with Gasteiger partial charge in [0.15, 0.2) is 5.65 Å². The van der Waals surface area contributed by atoms with Gasteiger partial charge in [0.2, 0.25) is 0 Å². The summed E-state index contributed by atoms with van der Waals surface area (Å²) in [7, 11) is 1.72. The summed E-state index contributed by atoms with van der Waals surface area (Å²) in [5, 5.41) is 20.6. The Bertz CT molecular complexity index is 819. The van der Waals surface area contributed by atoms with E-state index in [0.29, 0.717) is 16.7 Å². The minimum Gasteiger partial charge on any atom is -0.374 e. The van der Waals surface area contributed by atoms with Crippen molar-refractivity contribution in [2.45, 2.75) is 19.9 Å². The minimum atomic E-state index is -0.234. The molecule has 9 nitrogen and oxygen atoms in total. The number of rotatable bonds is 5. The van der Waals surface area contributed by atoms with Gasteiger partial charge >= 0.3 is 0 Å². The standard InChI is InChI=1S/C11H14N8OS/c1-3-4-12-10-8(14-17-21-10)6-19-11(20)7-5-13-18(2)9(7)15-16-19/h5,12H,3-4,6H2,1-2H3. The third-order valence-corrected chi connectivity index (χ3v) is 3.74. The Kier molecular flexibility index (Phi) is 3.60. The van der Waals surface area contributed by atoms with Gasteiger partial charge in [0.1, 0.15) is 16.1 Å². The van der Waals surface area contributed by atoms with E-state index in [-0.39, 0.29) is 12.1 Å². The van der Waals surface area contributed by atoms with E-state index in [1.54, 1.807) is 7.05 Å². The van der Waals surface area contributed by atoms with Crippen molar-refractivity contribution in [3.05, 3.63) is 22.2 Å². The van der Waals surface area contributed by atoms with Gasteiger partial charge in [-0.2, -0.15) is 5.10 Å². The molecule has 0 spiro atoms. The van der Waals surface area contributed by atoms with Crippen LogP contribution in [0.15, 0.2) is 11.0 Å². The highest BCUT2D eigenvalue weighted by Gasteiger charge is 2.13. The monoisotopic (exact) mass is 306 g/mol. The second kappa shape index (κ2) is 5.56. The normalized spacial score (nSPS) is 11.1. The number of hydrogen-bond acceptors (Lipinski definition) is 8. The Hall–Kier alpha value is -2.36. The summed E-state index contributed by atoms with van der Waals surface area (Å²) >= 11 is 1.27. The van der Waals surface area contributed by atoms with Gasteiger partial charge in [-0.25, -0.2) is 9.36 Å². The first-order valence-corrected chi connectivity index (χ1v) is 7.28. The molecule has 3 rings (SSSR count). The number of aryl methyl sites for hydroxylation is 1. The van der Waals surface area contributed by atoms with E-state index in [1.165, 1.54) is 27.1 Å². The zero-order chi connectivity index (χ0) is 14.8. The van der Waals surface area contributed by atoms with Crippen molar-refractivity contribution in [1.82, 2.24) is 34.4 Å². The van der Waals surface area contributed by atoms with Crippen LogP contribution in [-0.4, -0.2) is 40.9 Å². The van der Waals surface area contributed by atoms with Crippen LogP contribution in [-0.2, 0) is 13.6 Å². The molecule has 0 bridgehead atoms. The van der Waals surface area contributed by atoms with Gasteiger partial charge in [0.05, 0.1) is 12.7 Å². The van der Waals surface area contributed by atoms with Crippen molar-refractivity contribution >= 4 is 27.6 Å². The molecule has 3 heterocycles. The fourth-order valence-electron chi connectivity index (χ4n) is 1.91. The summed E-state index contributed by atoms with van der Waals surface area (Å²) in [6.45, 7) is 3.14. The molecule has 21 heavy (non-hydrogen) atoms. The maximum absolute atomic E-state index is 12.3. The Balaban J connectivity index is 1.93. The molecular weight excluding hydrogens is 292 g/mol. The summed E-state index contributed by atoms with van der Waals surface area (Å²) in [4.78, 5) is 12.3. The number of hydrogen-bond donors (Lipinski definition) is 1. The molecule has 0 unspecified atom stereocenters. The molecule has 0 saturated heterocycles. The lowest BCUT2D eigenvalue weighted by atomic mass is 10.4. The Morgan fingerprint density at radius 2 is 2.24 bits per heavy atom. The Morgan fingerprint density at radius 3 is 3.05 bits per heavy atom. The van der Waals surface area contributed by atoms with E-state index in [9.17, 15) is 4.79 Å². The van der Waals surface area contributed by atoms with Crippen molar-refractivity contribution in [3.8, 4) is 0 Å². The second-order valence-corrected chi connectivity index (χ2v) is 5.29. The molecule has 0 atom stereocenters. The van der Waals surface area contributed by atoms with Crippen LogP contribution in [0.5, 0.6) is 0 Å². The highest BCUT2D eigenvalue weighted by molar-refractivity contribution is 7.10. The average molecular weight is 306 g/mol. The molecule has 0 aliphatic heterocycles. The minimum absolute atomic E-state index is 0.234. The van der Waals surface area contributed by atoms with Crippen LogP contribution >= 0.6 is 11.5 Å². The zero-order valence-corrected chi connectivity index (χ0v) is 12.5. The molecule has 3 aromatic heterocycles. The van der Waals surface area contributed by atoms with E-state index in [2.05, 4.69) is 37.2 Å². The summed E-state index contributed by atoms with van der Waals surface area (Å²) in [5.74, 6) is 0. The van der Waals surface area contributed by atoms with E-state index in [1.807, 2.05) is 0 Å². The second-order valence-electron chi connectivity index (χ2n) is 4.53. The number of anilines is 1. The molecule has 1 N–H and O–H groups in total. The highest BCUT2D eigenvalue weighted by Crippen LogP contribution is 2.18. The lowest BCUT2D eigenvalue weighted by molar-refractivity contribution is 0.586. The molecule has 110 valence electrons. The van der Waals surface area contributed by atoms with E-state index in [0.717, 1.165) is 18.0 Å². The van der Waals surface area contributed by atoms with Crippen molar-refractivity contribution in [2.75, 3.05) is 11.9 Å². The molecule has 0 fully saturated rings. The Labute approximate surface area is 123 Å². The van der Waals surface area contributed by atoms with Gasteiger partial charge in [-0.05, 0) is 6.42 Å². The summed E-state index contributed by atoms with van der Waals surface area (Å²) in [6, 6.07) is 0. The number of fused-ring (bicyclic) bond motifs is 1. The van der Waals surface area contributed by atoms with Crippen molar-refractivity contribution in [1.29, 1.82) is 0 Å². The summed E-state index contributed by atoms with van der Waals surface area (Å²) in [6.07, 6.45) is 2.50. The topological polar surface area (TPSA) is 103 Å². The molecule has 0 aromatic carbocycles. The first-order valence-electron chi connectivity index (χ1n) is 6.51. The molecule has 10 heteroatoms. The first-order chi connectivity index (χ1) is 10.2. The predicted molar refractivity (Wildman–Crippen MR) is 78.4 cm³/mol. The van der Waals surface area contributed by atoms with Crippen LogP contribution in [0.3, 0.4) is 0 Å². The highest BCUT2D eigenvalue weighted by atomic mass is 32.1. The molecule has 0 aliphatic rings. The Morgan fingerprint density at radius 1 is 1.38 bits per heavy atom. The SMILES string of the molecule is CCCNc1snnc1Cn1nnc2c(cnn2C)c1=O. The van der Waals surface area contributed by atoms with E-state index in [4.69, 9.17) is 0 Å². The zero-order valence-electron chi connectivity index (χ0n) is 11.6. The smallest absolute Gasteiger partial charge is 0.281 e. The van der Waals surface area contributed by atoms with Crippen LogP contribution < -0.4 is 10.9 Å². The van der Waals surface area contributed by atoms with Gasteiger partial charge in [-0.3, -0.25) is 4.79 Å². The third-order valence-electron chi connectivity index (χ3n) is 3.01. The molecule has 0 amide bonds. The van der Waals surface area contributed by atoms with Crippen LogP contribution in [0.2, 0.25) is 0 Å². The number of nitrogens with zero attached hydrogens (tertiary/aromatic N) is 7. The van der Waals surface area contributed by atoms with Gasteiger partial charge in [-0.1, -0.05) is 16.6 Å². The third kappa shape index (κ3) is 2.49. The van der Waals surface area contributed by atoms with Gasteiger partial charge in [0.25, 0.3) is 5.56 Å². The van der Waals surface area contributed by atoms with Crippen LogP contribution in [0.4, 0.5) is 5.00 Å². The predicted octanol–water partition coefficient (Wildman–Crippen LogP) is 0.247. The van der Waals surface area contributed by atoms with Crippen LogP contribution in [0.1, 0.15) is 19.0 Å². The molecular formula is C11H14N8OS. The quantitative estimate of drug-likeness (QED) is 0.720. The molecule has 3 aromatic rings. The van der Waals surface area contributed by atoms with Crippen LogP contribution in [0, 0.1) is 0 Å². The fourth-order valence-corrected chi connectivity index (χ4v) is 2.51. The number of aromatic nitrogens is 7. The summed E-state index contributed by atoms with van der Waals surface area (Å²) < 4.78 is 6.71. The largest absolute Gasteiger partial charge is 0.374 e. The lowest BCUT2D eigenvalue weighted by Crippen LogP contribution is -2.25. The molecule has 0 radical (unpaired) electrons. The fraction of sp³-hybridized carbons (Fsp3) is 0.455. The van der Waals surface area contributed by atoms with Crippen molar-refractivity contribution < 1.29 is 0 Å². The van der Waals surface area contributed by atoms with Crippen molar-refractivity contribution in [2.24, 2.45) is 7.05 Å². The van der Waals surface area contributed by atoms with Gasteiger partial charge < -0.3 is 5.32 Å². The van der Waals surface area contributed by atoms with Crippen LogP contribution in [0.25, 0.3) is 11.0 Å². The average Bonchev–Trinajstić information content (AvgIpc) is 3.07.